The van der Waals surface area contributed by atoms with E-state index in [9.17, 15) is 14.7 Å². The molecule has 1 aliphatic rings. The Bertz CT molecular complexity index is 520. The van der Waals surface area contributed by atoms with Crippen LogP contribution in [0.1, 0.15) is 30.1 Å². The molecule has 0 aliphatic carbocycles. The van der Waals surface area contributed by atoms with Crippen LogP contribution in [0.15, 0.2) is 24.3 Å². The molecule has 5 nitrogen and oxygen atoms in total. The SMILES string of the molecule is C[C@H](O)C(=O)Nc1cccc(C(=O)C2CCN(C)CC2)c1. The minimum Gasteiger partial charge on any atom is -0.384 e. The Hall–Kier alpha value is -1.72. The molecular weight excluding hydrogens is 268 g/mol. The smallest absolute Gasteiger partial charge is 0.252 e. The van der Waals surface area contributed by atoms with Gasteiger partial charge in [0.2, 0.25) is 0 Å². The van der Waals surface area contributed by atoms with Crippen molar-refractivity contribution in [3.05, 3.63) is 29.8 Å². The van der Waals surface area contributed by atoms with Gasteiger partial charge in [-0.05, 0) is 52.0 Å². The van der Waals surface area contributed by atoms with E-state index in [-0.39, 0.29) is 11.7 Å². The Balaban J connectivity index is 2.06. The van der Waals surface area contributed by atoms with E-state index in [1.54, 1.807) is 24.3 Å². The number of carbonyl (C=O) groups excluding carboxylic acids is 2. The first-order valence-electron chi connectivity index (χ1n) is 7.29. The van der Waals surface area contributed by atoms with Gasteiger partial charge in [-0.25, -0.2) is 0 Å². The largest absolute Gasteiger partial charge is 0.384 e. The molecule has 0 unspecified atom stereocenters. The molecule has 1 amide bonds. The number of Topliss-reactive ketones (excluding diaryl/α,β-unsaturated/α-hetero) is 1. The number of piperidine rings is 1. The summed E-state index contributed by atoms with van der Waals surface area (Å²) in [5.41, 5.74) is 1.16. The second-order valence-corrected chi connectivity index (χ2v) is 5.69. The molecule has 0 spiro atoms. The number of rotatable bonds is 4. The molecule has 1 saturated heterocycles. The molecule has 21 heavy (non-hydrogen) atoms. The molecule has 1 heterocycles. The average molecular weight is 290 g/mol. The van der Waals surface area contributed by atoms with Crippen LogP contribution < -0.4 is 5.32 Å². The minimum absolute atomic E-state index is 0.0592. The summed E-state index contributed by atoms with van der Waals surface area (Å²) in [6.45, 7) is 3.28. The number of hydrogen-bond acceptors (Lipinski definition) is 4. The Morgan fingerprint density at radius 3 is 2.62 bits per heavy atom. The molecule has 2 N–H and O–H groups in total. The van der Waals surface area contributed by atoms with Crippen molar-refractivity contribution in [1.82, 2.24) is 4.90 Å². The lowest BCUT2D eigenvalue weighted by Crippen LogP contribution is -2.33. The number of benzene rings is 1. The number of aliphatic hydroxyl groups excluding tert-OH is 1. The molecule has 1 aromatic rings. The fourth-order valence-electron chi connectivity index (χ4n) is 2.50. The maximum absolute atomic E-state index is 12.5. The zero-order valence-electron chi connectivity index (χ0n) is 12.5. The van der Waals surface area contributed by atoms with Crippen LogP contribution in [0.25, 0.3) is 0 Å². The van der Waals surface area contributed by atoms with Gasteiger partial charge in [-0.1, -0.05) is 12.1 Å². The molecule has 0 aromatic heterocycles. The predicted octanol–water partition coefficient (Wildman–Crippen LogP) is 1.53. The van der Waals surface area contributed by atoms with Gasteiger partial charge in [0.15, 0.2) is 5.78 Å². The van der Waals surface area contributed by atoms with Crippen LogP contribution in [0.5, 0.6) is 0 Å². The van der Waals surface area contributed by atoms with Gasteiger partial charge in [-0.3, -0.25) is 9.59 Å². The first-order valence-corrected chi connectivity index (χ1v) is 7.29. The van der Waals surface area contributed by atoms with E-state index in [0.717, 1.165) is 25.9 Å². The summed E-state index contributed by atoms with van der Waals surface area (Å²) in [5, 5.41) is 11.8. The average Bonchev–Trinajstić information content (AvgIpc) is 2.47. The second-order valence-electron chi connectivity index (χ2n) is 5.69. The maximum atomic E-state index is 12.5. The third-order valence-corrected chi connectivity index (χ3v) is 3.88. The highest BCUT2D eigenvalue weighted by Crippen LogP contribution is 2.22. The highest BCUT2D eigenvalue weighted by atomic mass is 16.3. The van der Waals surface area contributed by atoms with Crippen LogP contribution >= 0.6 is 0 Å². The van der Waals surface area contributed by atoms with Crippen LogP contribution in [0.4, 0.5) is 5.69 Å². The van der Waals surface area contributed by atoms with E-state index in [2.05, 4.69) is 17.3 Å². The number of hydrogen-bond donors (Lipinski definition) is 2. The lowest BCUT2D eigenvalue weighted by molar-refractivity contribution is -0.123. The van der Waals surface area contributed by atoms with Gasteiger partial charge in [0.25, 0.3) is 5.91 Å². The number of nitrogens with zero attached hydrogens (tertiary/aromatic N) is 1. The fraction of sp³-hybridized carbons (Fsp3) is 0.500. The third kappa shape index (κ3) is 4.12. The lowest BCUT2D eigenvalue weighted by Gasteiger charge is -2.28. The Kier molecular flexibility index (Phi) is 5.09. The molecule has 1 fully saturated rings. The molecule has 1 atom stereocenters. The first kappa shape index (κ1) is 15.7. The van der Waals surface area contributed by atoms with Crippen LogP contribution in [-0.4, -0.2) is 47.9 Å². The molecule has 0 saturated carbocycles. The van der Waals surface area contributed by atoms with Crippen LogP contribution in [0.2, 0.25) is 0 Å². The van der Waals surface area contributed by atoms with Crippen molar-refractivity contribution in [2.45, 2.75) is 25.9 Å². The third-order valence-electron chi connectivity index (χ3n) is 3.88. The quantitative estimate of drug-likeness (QED) is 0.825. The maximum Gasteiger partial charge on any atom is 0.252 e. The summed E-state index contributed by atoms with van der Waals surface area (Å²) < 4.78 is 0. The van der Waals surface area contributed by atoms with Gasteiger partial charge >= 0.3 is 0 Å². The van der Waals surface area contributed by atoms with Crippen molar-refractivity contribution in [3.63, 3.8) is 0 Å². The topological polar surface area (TPSA) is 69.6 Å². The molecule has 5 heteroatoms. The van der Waals surface area contributed by atoms with E-state index < -0.39 is 12.0 Å². The predicted molar refractivity (Wildman–Crippen MR) is 81.3 cm³/mol. The number of ketones is 1. The molecule has 0 radical (unpaired) electrons. The van der Waals surface area contributed by atoms with Crippen LogP contribution in [0.3, 0.4) is 0 Å². The van der Waals surface area contributed by atoms with Crippen molar-refractivity contribution >= 4 is 17.4 Å². The van der Waals surface area contributed by atoms with Gasteiger partial charge in [0, 0.05) is 17.2 Å². The van der Waals surface area contributed by atoms with E-state index >= 15 is 0 Å². The van der Waals surface area contributed by atoms with Crippen molar-refractivity contribution < 1.29 is 14.7 Å². The van der Waals surface area contributed by atoms with Crippen LogP contribution in [0, 0.1) is 5.92 Å². The number of likely N-dealkylation sites (tertiary alicyclic amines) is 1. The minimum atomic E-state index is -1.07. The Morgan fingerprint density at radius 1 is 1.33 bits per heavy atom. The zero-order valence-corrected chi connectivity index (χ0v) is 12.5. The summed E-state index contributed by atoms with van der Waals surface area (Å²) in [7, 11) is 2.06. The zero-order chi connectivity index (χ0) is 15.4. The fourth-order valence-corrected chi connectivity index (χ4v) is 2.50. The number of anilines is 1. The molecular formula is C16H22N2O3. The van der Waals surface area contributed by atoms with Gasteiger partial charge in [-0.15, -0.1) is 0 Å². The van der Waals surface area contributed by atoms with E-state index in [4.69, 9.17) is 0 Å². The number of aliphatic hydroxyl groups is 1. The van der Waals surface area contributed by atoms with Crippen molar-refractivity contribution in [3.8, 4) is 0 Å². The second kappa shape index (κ2) is 6.83. The summed E-state index contributed by atoms with van der Waals surface area (Å²) in [6.07, 6.45) is 0.678. The number of nitrogens with one attached hydrogen (secondary N) is 1. The monoisotopic (exact) mass is 290 g/mol. The summed E-state index contributed by atoms with van der Waals surface area (Å²) >= 11 is 0. The van der Waals surface area contributed by atoms with E-state index in [0.29, 0.717) is 11.3 Å². The number of amides is 1. The summed E-state index contributed by atoms with van der Waals surface area (Å²) in [5.74, 6) is -0.279. The first-order chi connectivity index (χ1) is 9.97. The molecule has 1 aromatic carbocycles. The van der Waals surface area contributed by atoms with Crippen molar-refractivity contribution in [1.29, 1.82) is 0 Å². The van der Waals surface area contributed by atoms with Crippen molar-refractivity contribution in [2.24, 2.45) is 5.92 Å². The molecule has 114 valence electrons. The van der Waals surface area contributed by atoms with Crippen LogP contribution in [-0.2, 0) is 4.79 Å². The van der Waals surface area contributed by atoms with E-state index in [1.165, 1.54) is 6.92 Å². The molecule has 2 rings (SSSR count). The van der Waals surface area contributed by atoms with Crippen molar-refractivity contribution in [2.75, 3.05) is 25.5 Å². The lowest BCUT2D eigenvalue weighted by atomic mass is 9.89. The van der Waals surface area contributed by atoms with Gasteiger partial charge in [-0.2, -0.15) is 0 Å². The van der Waals surface area contributed by atoms with Gasteiger partial charge in [0.05, 0.1) is 0 Å². The highest BCUT2D eigenvalue weighted by Gasteiger charge is 2.24. The van der Waals surface area contributed by atoms with Gasteiger partial charge < -0.3 is 15.3 Å². The normalized spacial score (nSPS) is 18.2. The standard InChI is InChI=1S/C16H22N2O3/c1-11(19)16(21)17-14-5-3-4-13(10-14)15(20)12-6-8-18(2)9-7-12/h3-5,10-12,19H,6-9H2,1-2H3,(H,17,21)/t11-/m0/s1. The van der Waals surface area contributed by atoms with Gasteiger partial charge in [0.1, 0.15) is 6.10 Å². The van der Waals surface area contributed by atoms with E-state index in [1.807, 2.05) is 0 Å². The Labute approximate surface area is 125 Å². The molecule has 1 aliphatic heterocycles. The summed E-state index contributed by atoms with van der Waals surface area (Å²) in [6, 6.07) is 6.92. The summed E-state index contributed by atoms with van der Waals surface area (Å²) in [4.78, 5) is 26.2. The molecule has 0 bridgehead atoms. The number of carbonyl (C=O) groups is 2. The Morgan fingerprint density at radius 2 is 2.00 bits per heavy atom. The highest BCUT2D eigenvalue weighted by molar-refractivity contribution is 6.00.